The molecule has 1 amide bonds. The summed E-state index contributed by atoms with van der Waals surface area (Å²) in [7, 11) is 1.38. The summed E-state index contributed by atoms with van der Waals surface area (Å²) in [5, 5.41) is 0. The van der Waals surface area contributed by atoms with Crippen molar-refractivity contribution in [2.75, 3.05) is 13.7 Å². The first-order valence-electron chi connectivity index (χ1n) is 6.77. The van der Waals surface area contributed by atoms with E-state index in [0.717, 1.165) is 32.1 Å². The number of carbonyl (C=O) groups excluding carboxylic acids is 2. The highest BCUT2D eigenvalue weighted by Gasteiger charge is 2.19. The SMILES string of the molecule is CCCCC/C(=C/N1CCCCC1=O)C(=O)OC. The van der Waals surface area contributed by atoms with E-state index < -0.39 is 0 Å². The number of ether oxygens (including phenoxy) is 1. The van der Waals surface area contributed by atoms with Crippen molar-refractivity contribution in [1.29, 1.82) is 0 Å². The van der Waals surface area contributed by atoms with Gasteiger partial charge in [-0.15, -0.1) is 0 Å². The number of esters is 1. The monoisotopic (exact) mass is 253 g/mol. The smallest absolute Gasteiger partial charge is 0.335 e. The number of carbonyl (C=O) groups is 2. The van der Waals surface area contributed by atoms with Crippen LogP contribution in [0.3, 0.4) is 0 Å². The summed E-state index contributed by atoms with van der Waals surface area (Å²) >= 11 is 0. The second kappa shape index (κ2) is 7.90. The van der Waals surface area contributed by atoms with E-state index in [1.807, 2.05) is 0 Å². The number of piperidine rings is 1. The van der Waals surface area contributed by atoms with Crippen LogP contribution in [0.5, 0.6) is 0 Å². The van der Waals surface area contributed by atoms with E-state index in [2.05, 4.69) is 6.92 Å². The predicted molar refractivity (Wildman–Crippen MR) is 69.8 cm³/mol. The van der Waals surface area contributed by atoms with Gasteiger partial charge >= 0.3 is 5.97 Å². The van der Waals surface area contributed by atoms with E-state index in [1.54, 1.807) is 11.1 Å². The lowest BCUT2D eigenvalue weighted by molar-refractivity contribution is -0.136. The van der Waals surface area contributed by atoms with Gasteiger partial charge in [-0.05, 0) is 25.7 Å². The van der Waals surface area contributed by atoms with Gasteiger partial charge in [0.05, 0.1) is 12.7 Å². The van der Waals surface area contributed by atoms with Crippen LogP contribution in [0.2, 0.25) is 0 Å². The standard InChI is InChI=1S/C14H23NO3/c1-3-4-5-8-12(14(17)18-2)11-15-10-7-6-9-13(15)16/h11H,3-10H2,1-2H3/b12-11-. The number of unbranched alkanes of at least 4 members (excludes halogenated alkanes) is 2. The third kappa shape index (κ3) is 4.51. The molecule has 1 heterocycles. The first kappa shape index (κ1) is 14.7. The molecule has 1 aliphatic rings. The zero-order valence-corrected chi connectivity index (χ0v) is 11.4. The van der Waals surface area contributed by atoms with E-state index in [4.69, 9.17) is 4.74 Å². The molecule has 0 aliphatic carbocycles. The maximum atomic E-state index is 11.7. The molecule has 0 aromatic rings. The van der Waals surface area contributed by atoms with E-state index in [9.17, 15) is 9.59 Å². The summed E-state index contributed by atoms with van der Waals surface area (Å²) in [6.45, 7) is 2.84. The summed E-state index contributed by atoms with van der Waals surface area (Å²) in [6, 6.07) is 0. The summed E-state index contributed by atoms with van der Waals surface area (Å²) in [4.78, 5) is 25.0. The van der Waals surface area contributed by atoms with E-state index >= 15 is 0 Å². The number of rotatable bonds is 6. The molecule has 1 fully saturated rings. The molecule has 1 saturated heterocycles. The molecule has 1 rings (SSSR count). The summed E-state index contributed by atoms with van der Waals surface area (Å²) < 4.78 is 4.77. The number of amides is 1. The Morgan fingerprint density at radius 1 is 1.39 bits per heavy atom. The van der Waals surface area contributed by atoms with Crippen molar-refractivity contribution in [3.63, 3.8) is 0 Å². The fourth-order valence-electron chi connectivity index (χ4n) is 2.07. The normalized spacial score (nSPS) is 16.9. The van der Waals surface area contributed by atoms with Gasteiger partial charge in [0, 0.05) is 19.2 Å². The fraction of sp³-hybridized carbons (Fsp3) is 0.714. The van der Waals surface area contributed by atoms with Crippen LogP contribution in [0.4, 0.5) is 0 Å². The maximum absolute atomic E-state index is 11.7. The highest BCUT2D eigenvalue weighted by molar-refractivity contribution is 5.89. The lowest BCUT2D eigenvalue weighted by Crippen LogP contribution is -2.31. The van der Waals surface area contributed by atoms with E-state index in [0.29, 0.717) is 25.0 Å². The third-order valence-corrected chi connectivity index (χ3v) is 3.17. The lowest BCUT2D eigenvalue weighted by Gasteiger charge is -2.24. The zero-order valence-electron chi connectivity index (χ0n) is 11.4. The van der Waals surface area contributed by atoms with Gasteiger partial charge in [0.15, 0.2) is 0 Å². The second-order valence-electron chi connectivity index (χ2n) is 4.65. The number of hydrogen-bond donors (Lipinski definition) is 0. The minimum atomic E-state index is -0.315. The number of likely N-dealkylation sites (tertiary alicyclic amines) is 1. The first-order valence-corrected chi connectivity index (χ1v) is 6.77. The van der Waals surface area contributed by atoms with Crippen molar-refractivity contribution in [3.05, 3.63) is 11.8 Å². The van der Waals surface area contributed by atoms with Crippen molar-refractivity contribution >= 4 is 11.9 Å². The molecule has 0 N–H and O–H groups in total. The zero-order chi connectivity index (χ0) is 13.4. The fourth-order valence-corrected chi connectivity index (χ4v) is 2.07. The quantitative estimate of drug-likeness (QED) is 0.415. The van der Waals surface area contributed by atoms with Crippen LogP contribution in [0.1, 0.15) is 51.9 Å². The number of nitrogens with zero attached hydrogens (tertiary/aromatic N) is 1. The molecule has 0 aromatic carbocycles. The van der Waals surface area contributed by atoms with Crippen LogP contribution in [-0.4, -0.2) is 30.4 Å². The summed E-state index contributed by atoms with van der Waals surface area (Å²) in [5.41, 5.74) is 0.612. The Morgan fingerprint density at radius 3 is 2.78 bits per heavy atom. The van der Waals surface area contributed by atoms with Gasteiger partial charge in [-0.2, -0.15) is 0 Å². The summed E-state index contributed by atoms with van der Waals surface area (Å²) in [5.74, 6) is -0.206. The minimum absolute atomic E-state index is 0.109. The Bertz CT molecular complexity index is 323. The Labute approximate surface area is 109 Å². The molecule has 0 unspecified atom stereocenters. The molecule has 18 heavy (non-hydrogen) atoms. The van der Waals surface area contributed by atoms with Crippen LogP contribution in [0.25, 0.3) is 0 Å². The first-order chi connectivity index (χ1) is 8.69. The van der Waals surface area contributed by atoms with Crippen molar-refractivity contribution in [2.24, 2.45) is 0 Å². The molecule has 4 nitrogen and oxygen atoms in total. The van der Waals surface area contributed by atoms with Crippen molar-refractivity contribution in [1.82, 2.24) is 4.90 Å². The average molecular weight is 253 g/mol. The van der Waals surface area contributed by atoms with Crippen molar-refractivity contribution < 1.29 is 14.3 Å². The highest BCUT2D eigenvalue weighted by atomic mass is 16.5. The molecular weight excluding hydrogens is 230 g/mol. The van der Waals surface area contributed by atoms with Crippen LogP contribution in [0.15, 0.2) is 11.8 Å². The maximum Gasteiger partial charge on any atom is 0.335 e. The largest absolute Gasteiger partial charge is 0.466 e. The van der Waals surface area contributed by atoms with Crippen LogP contribution in [-0.2, 0) is 14.3 Å². The average Bonchev–Trinajstić information content (AvgIpc) is 2.39. The summed E-state index contributed by atoms with van der Waals surface area (Å²) in [6.07, 6.45) is 8.07. The van der Waals surface area contributed by atoms with Gasteiger partial charge in [0.2, 0.25) is 5.91 Å². The van der Waals surface area contributed by atoms with Gasteiger partial charge in [0.1, 0.15) is 0 Å². The van der Waals surface area contributed by atoms with Gasteiger partial charge in [-0.25, -0.2) is 4.79 Å². The van der Waals surface area contributed by atoms with E-state index in [1.165, 1.54) is 7.11 Å². The lowest BCUT2D eigenvalue weighted by atomic mass is 10.1. The highest BCUT2D eigenvalue weighted by Crippen LogP contribution is 2.16. The topological polar surface area (TPSA) is 46.6 Å². The van der Waals surface area contributed by atoms with Gasteiger partial charge in [-0.3, -0.25) is 4.79 Å². The van der Waals surface area contributed by atoms with Crippen LogP contribution >= 0.6 is 0 Å². The van der Waals surface area contributed by atoms with Gasteiger partial charge in [0.25, 0.3) is 0 Å². The van der Waals surface area contributed by atoms with Crippen LogP contribution < -0.4 is 0 Å². The molecule has 102 valence electrons. The molecule has 1 aliphatic heterocycles. The predicted octanol–water partition coefficient (Wildman–Crippen LogP) is 2.64. The Morgan fingerprint density at radius 2 is 2.17 bits per heavy atom. The van der Waals surface area contributed by atoms with Crippen molar-refractivity contribution in [3.8, 4) is 0 Å². The molecular formula is C14H23NO3. The third-order valence-electron chi connectivity index (χ3n) is 3.17. The molecule has 0 atom stereocenters. The Balaban J connectivity index is 2.67. The molecule has 0 saturated carbocycles. The van der Waals surface area contributed by atoms with Gasteiger partial charge < -0.3 is 9.64 Å². The van der Waals surface area contributed by atoms with Crippen LogP contribution in [0, 0.1) is 0 Å². The number of hydrogen-bond acceptors (Lipinski definition) is 3. The Hall–Kier alpha value is -1.32. The molecule has 0 spiro atoms. The second-order valence-corrected chi connectivity index (χ2v) is 4.65. The molecule has 0 radical (unpaired) electrons. The molecule has 0 bridgehead atoms. The Kier molecular flexibility index (Phi) is 6.47. The van der Waals surface area contributed by atoms with Crippen molar-refractivity contribution in [2.45, 2.75) is 51.9 Å². The molecule has 4 heteroatoms. The molecule has 0 aromatic heterocycles. The number of methoxy groups -OCH3 is 1. The van der Waals surface area contributed by atoms with E-state index in [-0.39, 0.29) is 11.9 Å². The minimum Gasteiger partial charge on any atom is -0.466 e. The van der Waals surface area contributed by atoms with Gasteiger partial charge in [-0.1, -0.05) is 19.8 Å².